The van der Waals surface area contributed by atoms with Crippen LogP contribution in [0.15, 0.2) is 18.3 Å². The van der Waals surface area contributed by atoms with E-state index in [9.17, 15) is 4.79 Å². The summed E-state index contributed by atoms with van der Waals surface area (Å²) in [6.07, 6.45) is 1.35. The number of carbonyl (C=O) groups is 1. The Bertz CT molecular complexity index is 387. The van der Waals surface area contributed by atoms with Crippen molar-refractivity contribution in [2.45, 2.75) is 13.5 Å². The Labute approximate surface area is 88.3 Å². The molecule has 0 aliphatic rings. The van der Waals surface area contributed by atoms with Gasteiger partial charge in [0.25, 0.3) is 0 Å². The summed E-state index contributed by atoms with van der Waals surface area (Å²) in [4.78, 5) is 14.5. The lowest BCUT2D eigenvalue weighted by molar-refractivity contribution is 0.0696. The molecule has 2 N–H and O–H groups in total. The molecule has 0 aliphatic carbocycles. The highest BCUT2D eigenvalue weighted by Crippen LogP contribution is 1.99. The molecule has 0 radical (unpaired) electrons. The van der Waals surface area contributed by atoms with Gasteiger partial charge in [-0.05, 0) is 19.1 Å². The monoisotopic (exact) mass is 204 g/mol. The van der Waals surface area contributed by atoms with E-state index in [4.69, 9.17) is 5.11 Å². The predicted octanol–water partition coefficient (Wildman–Crippen LogP) is 0.893. The maximum absolute atomic E-state index is 10.5. The summed E-state index contributed by atoms with van der Waals surface area (Å²) >= 11 is 0. The first-order valence-corrected chi connectivity index (χ1v) is 4.52. The number of aromatic nitrogens is 1. The van der Waals surface area contributed by atoms with Gasteiger partial charge in [0.05, 0.1) is 17.8 Å². The van der Waals surface area contributed by atoms with Crippen molar-refractivity contribution >= 4 is 5.97 Å². The lowest BCUT2D eigenvalue weighted by Crippen LogP contribution is -2.14. The number of rotatable bonds is 4. The summed E-state index contributed by atoms with van der Waals surface area (Å²) in [5.41, 5.74) is 1.00. The van der Waals surface area contributed by atoms with E-state index in [1.807, 2.05) is 0 Å². The average Bonchev–Trinajstić information content (AvgIpc) is 2.25. The molecule has 0 aliphatic heterocycles. The largest absolute Gasteiger partial charge is 0.478 e. The average molecular weight is 204 g/mol. The van der Waals surface area contributed by atoms with Gasteiger partial charge in [0, 0.05) is 12.7 Å². The van der Waals surface area contributed by atoms with Crippen LogP contribution >= 0.6 is 0 Å². The first-order chi connectivity index (χ1) is 7.24. The zero-order chi connectivity index (χ0) is 11.1. The lowest BCUT2D eigenvalue weighted by atomic mass is 10.2. The zero-order valence-electron chi connectivity index (χ0n) is 8.45. The molecule has 0 aromatic carbocycles. The number of nitrogens with one attached hydrogen (secondary N) is 1. The standard InChI is InChI=1S/C11H12N2O2/c1-2-3-6-12-8-10-5-4-9(7-13-10)11(14)15/h4-5,7,12H,6,8H2,1H3,(H,14,15). The Morgan fingerprint density at radius 1 is 1.60 bits per heavy atom. The highest BCUT2D eigenvalue weighted by atomic mass is 16.4. The van der Waals surface area contributed by atoms with Crippen LogP contribution in [0, 0.1) is 11.8 Å². The van der Waals surface area contributed by atoms with E-state index in [0.717, 1.165) is 5.69 Å². The quantitative estimate of drug-likeness (QED) is 0.565. The third kappa shape index (κ3) is 3.79. The van der Waals surface area contributed by atoms with Gasteiger partial charge in [0.1, 0.15) is 0 Å². The van der Waals surface area contributed by atoms with E-state index in [2.05, 4.69) is 22.1 Å². The zero-order valence-corrected chi connectivity index (χ0v) is 8.45. The molecule has 78 valence electrons. The Morgan fingerprint density at radius 2 is 2.40 bits per heavy atom. The van der Waals surface area contributed by atoms with Gasteiger partial charge in [-0.25, -0.2) is 4.79 Å². The van der Waals surface area contributed by atoms with Gasteiger partial charge in [-0.2, -0.15) is 0 Å². The summed E-state index contributed by atoms with van der Waals surface area (Å²) in [6, 6.07) is 3.23. The van der Waals surface area contributed by atoms with Gasteiger partial charge in [-0.1, -0.05) is 5.92 Å². The van der Waals surface area contributed by atoms with Crippen molar-refractivity contribution < 1.29 is 9.90 Å². The molecule has 0 saturated carbocycles. The van der Waals surface area contributed by atoms with Crippen LogP contribution in [0.1, 0.15) is 23.0 Å². The van der Waals surface area contributed by atoms with E-state index in [1.165, 1.54) is 12.3 Å². The normalized spacial score (nSPS) is 9.13. The second-order valence-corrected chi connectivity index (χ2v) is 2.87. The number of carboxylic acids is 1. The molecule has 0 bridgehead atoms. The molecule has 1 rings (SSSR count). The van der Waals surface area contributed by atoms with Gasteiger partial charge in [-0.3, -0.25) is 4.98 Å². The minimum absolute atomic E-state index is 0.201. The Morgan fingerprint density at radius 3 is 2.93 bits per heavy atom. The van der Waals surface area contributed by atoms with Crippen LogP contribution in [0.25, 0.3) is 0 Å². The summed E-state index contributed by atoms with van der Waals surface area (Å²) in [5, 5.41) is 11.7. The number of hydrogen-bond donors (Lipinski definition) is 2. The summed E-state index contributed by atoms with van der Waals surface area (Å²) in [6.45, 7) is 2.98. The minimum Gasteiger partial charge on any atom is -0.478 e. The molecule has 0 atom stereocenters. The number of pyridine rings is 1. The van der Waals surface area contributed by atoms with Crippen LogP contribution in [0.2, 0.25) is 0 Å². The van der Waals surface area contributed by atoms with Gasteiger partial charge < -0.3 is 10.4 Å². The fourth-order valence-corrected chi connectivity index (χ4v) is 0.997. The Kier molecular flexibility index (Phi) is 4.32. The lowest BCUT2D eigenvalue weighted by Gasteiger charge is -2.00. The van der Waals surface area contributed by atoms with E-state index in [0.29, 0.717) is 13.1 Å². The maximum Gasteiger partial charge on any atom is 0.337 e. The predicted molar refractivity (Wildman–Crippen MR) is 56.4 cm³/mol. The third-order valence-corrected chi connectivity index (χ3v) is 1.77. The third-order valence-electron chi connectivity index (χ3n) is 1.77. The van der Waals surface area contributed by atoms with Gasteiger partial charge in [0.15, 0.2) is 0 Å². The van der Waals surface area contributed by atoms with Crippen molar-refractivity contribution in [3.05, 3.63) is 29.6 Å². The summed E-state index contributed by atoms with van der Waals surface area (Å²) in [7, 11) is 0. The van der Waals surface area contributed by atoms with E-state index in [1.54, 1.807) is 13.0 Å². The van der Waals surface area contributed by atoms with Crippen molar-refractivity contribution in [3.8, 4) is 11.8 Å². The van der Waals surface area contributed by atoms with Gasteiger partial charge >= 0.3 is 5.97 Å². The second kappa shape index (κ2) is 5.78. The number of aromatic carboxylic acids is 1. The Balaban J connectivity index is 2.48. The topological polar surface area (TPSA) is 62.2 Å². The van der Waals surface area contributed by atoms with Gasteiger partial charge in [0.2, 0.25) is 0 Å². The maximum atomic E-state index is 10.5. The van der Waals surface area contributed by atoms with Crippen LogP contribution in [0.3, 0.4) is 0 Å². The van der Waals surface area contributed by atoms with Crippen LogP contribution < -0.4 is 5.32 Å². The van der Waals surface area contributed by atoms with Crippen LogP contribution in [-0.2, 0) is 6.54 Å². The molecule has 1 aromatic heterocycles. The highest BCUT2D eigenvalue weighted by Gasteiger charge is 2.01. The first kappa shape index (κ1) is 11.2. The van der Waals surface area contributed by atoms with Crippen molar-refractivity contribution in [2.24, 2.45) is 0 Å². The molecule has 0 fully saturated rings. The van der Waals surface area contributed by atoms with Crippen molar-refractivity contribution in [3.63, 3.8) is 0 Å². The fraction of sp³-hybridized carbons (Fsp3) is 0.273. The van der Waals surface area contributed by atoms with E-state index in [-0.39, 0.29) is 5.56 Å². The number of carboxylic acid groups (broad SMARTS) is 1. The molecule has 4 heteroatoms. The molecular weight excluding hydrogens is 192 g/mol. The van der Waals surface area contributed by atoms with E-state index >= 15 is 0 Å². The molecule has 0 unspecified atom stereocenters. The molecule has 15 heavy (non-hydrogen) atoms. The molecule has 0 amide bonds. The fourth-order valence-electron chi connectivity index (χ4n) is 0.997. The van der Waals surface area contributed by atoms with Gasteiger partial charge in [-0.15, -0.1) is 5.92 Å². The summed E-state index contributed by atoms with van der Waals surface area (Å²) < 4.78 is 0. The van der Waals surface area contributed by atoms with Crippen molar-refractivity contribution in [2.75, 3.05) is 6.54 Å². The minimum atomic E-state index is -0.959. The molecule has 1 heterocycles. The van der Waals surface area contributed by atoms with Crippen LogP contribution in [-0.4, -0.2) is 22.6 Å². The molecule has 0 spiro atoms. The SMILES string of the molecule is CC#CCNCc1ccc(C(=O)O)cn1. The van der Waals surface area contributed by atoms with E-state index < -0.39 is 5.97 Å². The smallest absolute Gasteiger partial charge is 0.337 e. The number of nitrogens with zero attached hydrogens (tertiary/aromatic N) is 1. The first-order valence-electron chi connectivity index (χ1n) is 4.52. The van der Waals surface area contributed by atoms with Crippen LogP contribution in [0.5, 0.6) is 0 Å². The van der Waals surface area contributed by atoms with Crippen molar-refractivity contribution in [1.29, 1.82) is 0 Å². The summed E-state index contributed by atoms with van der Waals surface area (Å²) in [5.74, 6) is 4.67. The van der Waals surface area contributed by atoms with Crippen LogP contribution in [0.4, 0.5) is 0 Å². The second-order valence-electron chi connectivity index (χ2n) is 2.87. The molecule has 4 nitrogen and oxygen atoms in total. The van der Waals surface area contributed by atoms with Crippen molar-refractivity contribution in [1.82, 2.24) is 10.3 Å². The Hall–Kier alpha value is -1.86. The number of hydrogen-bond acceptors (Lipinski definition) is 3. The molecule has 1 aromatic rings. The molecule has 0 saturated heterocycles. The molecular formula is C11H12N2O2. The highest BCUT2D eigenvalue weighted by molar-refractivity contribution is 5.87.